The first kappa shape index (κ1) is 18.9. The van der Waals surface area contributed by atoms with Crippen LogP contribution < -0.4 is 16.4 Å². The molecule has 8 heteroatoms. The zero-order valence-electron chi connectivity index (χ0n) is 15.2. The minimum absolute atomic E-state index is 0.116. The van der Waals surface area contributed by atoms with E-state index >= 15 is 0 Å². The van der Waals surface area contributed by atoms with Gasteiger partial charge in [0.1, 0.15) is 0 Å². The van der Waals surface area contributed by atoms with E-state index in [2.05, 4.69) is 15.5 Å². The zero-order chi connectivity index (χ0) is 19.4. The predicted molar refractivity (Wildman–Crippen MR) is 98.3 cm³/mol. The van der Waals surface area contributed by atoms with Crippen LogP contribution in [0.25, 0.3) is 0 Å². The first-order chi connectivity index (χ1) is 13.0. The van der Waals surface area contributed by atoms with Crippen LogP contribution in [0.15, 0.2) is 41.6 Å². The van der Waals surface area contributed by atoms with Gasteiger partial charge in [0.25, 0.3) is 0 Å². The summed E-state index contributed by atoms with van der Waals surface area (Å²) in [4.78, 5) is 38.2. The highest BCUT2D eigenvalue weighted by Gasteiger charge is 2.34. The fourth-order valence-corrected chi connectivity index (χ4v) is 3.59. The van der Waals surface area contributed by atoms with Crippen molar-refractivity contribution in [2.24, 2.45) is 11.7 Å². The van der Waals surface area contributed by atoms with Crippen LogP contribution in [0.2, 0.25) is 0 Å². The number of piperidine rings is 1. The normalized spacial score (nSPS) is 21.4. The van der Waals surface area contributed by atoms with Crippen molar-refractivity contribution < 1.29 is 19.1 Å². The van der Waals surface area contributed by atoms with E-state index in [1.54, 1.807) is 0 Å². The zero-order valence-corrected chi connectivity index (χ0v) is 15.2. The summed E-state index contributed by atoms with van der Waals surface area (Å²) in [5.41, 5.74) is 7.10. The number of nitrogens with two attached hydrogens (primary N) is 1. The van der Waals surface area contributed by atoms with E-state index in [-0.39, 0.29) is 17.9 Å². The smallest absolute Gasteiger partial charge is 0.338 e. The van der Waals surface area contributed by atoms with Crippen LogP contribution in [0.3, 0.4) is 0 Å². The number of ether oxygens (including phenoxy) is 1. The lowest BCUT2D eigenvalue weighted by Crippen LogP contribution is -2.49. The number of rotatable bonds is 5. The molecule has 8 nitrogen and oxygen atoms in total. The molecule has 3 amide bonds. The van der Waals surface area contributed by atoms with Crippen molar-refractivity contribution in [1.29, 1.82) is 0 Å². The van der Waals surface area contributed by atoms with E-state index in [0.29, 0.717) is 43.7 Å². The van der Waals surface area contributed by atoms with Gasteiger partial charge in [-0.05, 0) is 31.5 Å². The Bertz CT molecular complexity index is 754. The summed E-state index contributed by atoms with van der Waals surface area (Å²) in [6, 6.07) is 8.35. The highest BCUT2D eigenvalue weighted by atomic mass is 16.5. The van der Waals surface area contributed by atoms with Crippen LogP contribution in [-0.2, 0) is 14.3 Å². The molecule has 4 N–H and O–H groups in total. The minimum atomic E-state index is -0.578. The number of nitrogens with zero attached hydrogens (tertiary/aromatic N) is 1. The van der Waals surface area contributed by atoms with Gasteiger partial charge in [-0.2, -0.15) is 0 Å². The molecule has 2 aliphatic rings. The van der Waals surface area contributed by atoms with E-state index < -0.39 is 12.0 Å². The minimum Gasteiger partial charge on any atom is -0.466 e. The molecular formula is C19H24N4O4. The summed E-state index contributed by atoms with van der Waals surface area (Å²) in [5.74, 6) is -0.878. The van der Waals surface area contributed by atoms with Crippen molar-refractivity contribution in [1.82, 2.24) is 15.5 Å². The van der Waals surface area contributed by atoms with Crippen molar-refractivity contribution >= 4 is 17.9 Å². The maximum atomic E-state index is 12.5. The van der Waals surface area contributed by atoms with E-state index in [4.69, 9.17) is 10.5 Å². The van der Waals surface area contributed by atoms with Crippen LogP contribution in [0, 0.1) is 5.92 Å². The Morgan fingerprint density at radius 3 is 2.48 bits per heavy atom. The standard InChI is InChI=1S/C19H24N4O4/c1-27-18(25)15-14(11-23-9-7-13(8-10-23)17(20)24)21-19(26)22-16(15)12-5-3-2-4-6-12/h2-6,13,16H,7-11H2,1H3,(H2,20,24)(H2,21,22,26)/t16-/m1/s1. The van der Waals surface area contributed by atoms with Crippen LogP contribution in [0.1, 0.15) is 24.4 Å². The second kappa shape index (κ2) is 8.22. The molecule has 3 rings (SSSR count). The van der Waals surface area contributed by atoms with Gasteiger partial charge in [0.15, 0.2) is 0 Å². The molecule has 144 valence electrons. The van der Waals surface area contributed by atoms with Gasteiger partial charge < -0.3 is 21.1 Å². The molecule has 1 aromatic carbocycles. The lowest BCUT2D eigenvalue weighted by molar-refractivity contribution is -0.136. The topological polar surface area (TPSA) is 114 Å². The van der Waals surface area contributed by atoms with Crippen LogP contribution in [-0.4, -0.2) is 49.6 Å². The number of carbonyl (C=O) groups is 3. The molecule has 0 unspecified atom stereocenters. The molecule has 0 aromatic heterocycles. The third kappa shape index (κ3) is 4.28. The summed E-state index contributed by atoms with van der Waals surface area (Å²) in [7, 11) is 1.32. The van der Waals surface area contributed by atoms with Gasteiger partial charge in [-0.1, -0.05) is 30.3 Å². The summed E-state index contributed by atoms with van der Waals surface area (Å²) >= 11 is 0. The number of esters is 1. The molecule has 0 spiro atoms. The maximum absolute atomic E-state index is 12.5. The number of likely N-dealkylation sites (tertiary alicyclic amines) is 1. The molecule has 2 heterocycles. The summed E-state index contributed by atoms with van der Waals surface area (Å²) in [6.45, 7) is 1.74. The van der Waals surface area contributed by atoms with Gasteiger partial charge in [0.05, 0.1) is 18.7 Å². The molecule has 0 bridgehead atoms. The maximum Gasteiger partial charge on any atom is 0.338 e. The first-order valence-corrected chi connectivity index (χ1v) is 8.95. The third-order valence-corrected chi connectivity index (χ3v) is 5.06. The average molecular weight is 372 g/mol. The monoisotopic (exact) mass is 372 g/mol. The van der Waals surface area contributed by atoms with Gasteiger partial charge in [-0.3, -0.25) is 9.69 Å². The molecule has 0 aliphatic carbocycles. The fraction of sp³-hybridized carbons (Fsp3) is 0.421. The number of hydrogen-bond donors (Lipinski definition) is 3. The Labute approximate surface area is 157 Å². The second-order valence-electron chi connectivity index (χ2n) is 6.78. The highest BCUT2D eigenvalue weighted by Crippen LogP contribution is 2.28. The van der Waals surface area contributed by atoms with E-state index in [1.165, 1.54) is 7.11 Å². The molecule has 1 saturated heterocycles. The van der Waals surface area contributed by atoms with Gasteiger partial charge in [-0.15, -0.1) is 0 Å². The molecule has 27 heavy (non-hydrogen) atoms. The van der Waals surface area contributed by atoms with Crippen LogP contribution in [0.4, 0.5) is 4.79 Å². The molecule has 0 radical (unpaired) electrons. The second-order valence-corrected chi connectivity index (χ2v) is 6.78. The number of carbonyl (C=O) groups excluding carboxylic acids is 3. The number of urea groups is 1. The fourth-order valence-electron chi connectivity index (χ4n) is 3.59. The van der Waals surface area contributed by atoms with E-state index in [9.17, 15) is 14.4 Å². The van der Waals surface area contributed by atoms with Gasteiger partial charge in [-0.25, -0.2) is 9.59 Å². The molecule has 2 aliphatic heterocycles. The molecule has 0 saturated carbocycles. The predicted octanol–water partition coefficient (Wildman–Crippen LogP) is 0.665. The number of hydrogen-bond acceptors (Lipinski definition) is 5. The van der Waals surface area contributed by atoms with Crippen LogP contribution >= 0.6 is 0 Å². The average Bonchev–Trinajstić information content (AvgIpc) is 2.68. The van der Waals surface area contributed by atoms with Crippen molar-refractivity contribution in [3.8, 4) is 0 Å². The Morgan fingerprint density at radius 1 is 1.22 bits per heavy atom. The van der Waals surface area contributed by atoms with E-state index in [1.807, 2.05) is 30.3 Å². The van der Waals surface area contributed by atoms with Crippen molar-refractivity contribution in [3.63, 3.8) is 0 Å². The quantitative estimate of drug-likeness (QED) is 0.657. The largest absolute Gasteiger partial charge is 0.466 e. The van der Waals surface area contributed by atoms with E-state index in [0.717, 1.165) is 5.56 Å². The summed E-state index contributed by atoms with van der Waals surface area (Å²) in [6.07, 6.45) is 1.34. The highest BCUT2D eigenvalue weighted by molar-refractivity contribution is 5.95. The molecule has 1 atom stereocenters. The van der Waals surface area contributed by atoms with Crippen molar-refractivity contribution in [2.45, 2.75) is 18.9 Å². The lowest BCUT2D eigenvalue weighted by atomic mass is 9.93. The van der Waals surface area contributed by atoms with Gasteiger partial charge >= 0.3 is 12.0 Å². The summed E-state index contributed by atoms with van der Waals surface area (Å²) in [5, 5.41) is 5.56. The lowest BCUT2D eigenvalue weighted by Gasteiger charge is -2.34. The Balaban J connectivity index is 1.86. The SMILES string of the molecule is COC(=O)C1=C(CN2CCC(C(N)=O)CC2)NC(=O)N[C@@H]1c1ccccc1. The molecule has 1 aromatic rings. The Morgan fingerprint density at radius 2 is 1.89 bits per heavy atom. The summed E-state index contributed by atoms with van der Waals surface area (Å²) < 4.78 is 4.98. The number of methoxy groups -OCH3 is 1. The van der Waals surface area contributed by atoms with Gasteiger partial charge in [0.2, 0.25) is 5.91 Å². The number of nitrogens with one attached hydrogen (secondary N) is 2. The number of benzene rings is 1. The van der Waals surface area contributed by atoms with Crippen molar-refractivity contribution in [3.05, 3.63) is 47.2 Å². The molecule has 1 fully saturated rings. The third-order valence-electron chi connectivity index (χ3n) is 5.06. The van der Waals surface area contributed by atoms with Gasteiger partial charge in [0, 0.05) is 18.2 Å². The number of primary amides is 1. The van der Waals surface area contributed by atoms with Crippen LogP contribution in [0.5, 0.6) is 0 Å². The Hall–Kier alpha value is -2.87. The first-order valence-electron chi connectivity index (χ1n) is 8.95. The van der Waals surface area contributed by atoms with Crippen molar-refractivity contribution in [2.75, 3.05) is 26.7 Å². The number of amides is 3. The Kier molecular flexibility index (Phi) is 5.75. The molecular weight excluding hydrogens is 348 g/mol.